The summed E-state index contributed by atoms with van der Waals surface area (Å²) in [5.74, 6) is 0.884. The zero-order valence-corrected chi connectivity index (χ0v) is 12.5. The van der Waals surface area contributed by atoms with Crippen LogP contribution in [0.3, 0.4) is 0 Å². The molecule has 20 heavy (non-hydrogen) atoms. The second-order valence-electron chi connectivity index (χ2n) is 4.86. The topological polar surface area (TPSA) is 25.0 Å². The number of halogens is 1. The van der Waals surface area contributed by atoms with Crippen molar-refractivity contribution in [3.05, 3.63) is 53.0 Å². The van der Waals surface area contributed by atoms with Crippen LogP contribution in [0.2, 0.25) is 0 Å². The smallest absolute Gasteiger partial charge is 0.119 e. The minimum atomic E-state index is 0.884. The van der Waals surface area contributed by atoms with Crippen molar-refractivity contribution in [2.45, 2.75) is 0 Å². The number of fused-ring (bicyclic) bond motifs is 5. The zero-order chi connectivity index (χ0) is 13.7. The first-order chi connectivity index (χ1) is 9.78. The van der Waals surface area contributed by atoms with Gasteiger partial charge in [0.2, 0.25) is 0 Å². The van der Waals surface area contributed by atoms with Crippen molar-refractivity contribution in [2.75, 3.05) is 7.11 Å². The molecule has 4 rings (SSSR count). The van der Waals surface area contributed by atoms with E-state index < -0.39 is 0 Å². The van der Waals surface area contributed by atoms with Crippen LogP contribution >= 0.6 is 15.9 Å². The maximum absolute atomic E-state index is 5.36. The van der Waals surface area contributed by atoms with Gasteiger partial charge in [0.05, 0.1) is 12.6 Å². The minimum Gasteiger partial charge on any atom is -0.497 e. The molecule has 0 atom stereocenters. The number of benzene rings is 3. The summed E-state index contributed by atoms with van der Waals surface area (Å²) in [7, 11) is 1.70. The van der Waals surface area contributed by atoms with E-state index in [4.69, 9.17) is 4.74 Å². The minimum absolute atomic E-state index is 0.884. The molecule has 0 saturated heterocycles. The van der Waals surface area contributed by atoms with Gasteiger partial charge in [0.1, 0.15) is 5.75 Å². The third kappa shape index (κ3) is 1.56. The lowest BCUT2D eigenvalue weighted by Crippen LogP contribution is -1.82. The predicted octanol–water partition coefficient (Wildman–Crippen LogP) is 5.25. The number of methoxy groups -OCH3 is 1. The molecule has 0 radical (unpaired) electrons. The molecule has 0 aliphatic heterocycles. The van der Waals surface area contributed by atoms with E-state index in [-0.39, 0.29) is 0 Å². The lowest BCUT2D eigenvalue weighted by Gasteiger charge is -2.04. The third-order valence-electron chi connectivity index (χ3n) is 3.77. The van der Waals surface area contributed by atoms with Gasteiger partial charge in [-0.15, -0.1) is 0 Å². The Morgan fingerprint density at radius 2 is 1.85 bits per heavy atom. The first-order valence-electron chi connectivity index (χ1n) is 6.44. The normalized spacial score (nSPS) is 11.5. The molecule has 0 fully saturated rings. The van der Waals surface area contributed by atoms with Crippen LogP contribution in [0.4, 0.5) is 0 Å². The number of rotatable bonds is 1. The van der Waals surface area contributed by atoms with Crippen LogP contribution in [0.15, 0.2) is 53.0 Å². The highest BCUT2D eigenvalue weighted by molar-refractivity contribution is 9.10. The summed E-state index contributed by atoms with van der Waals surface area (Å²) < 4.78 is 6.45. The Labute approximate surface area is 124 Å². The molecule has 0 aliphatic carbocycles. The van der Waals surface area contributed by atoms with Gasteiger partial charge < -0.3 is 9.72 Å². The lowest BCUT2D eigenvalue weighted by atomic mass is 10.0. The highest BCUT2D eigenvalue weighted by atomic mass is 79.9. The van der Waals surface area contributed by atoms with Crippen molar-refractivity contribution in [1.82, 2.24) is 4.98 Å². The molecule has 0 aliphatic rings. The van der Waals surface area contributed by atoms with Crippen LogP contribution in [0.5, 0.6) is 5.75 Å². The summed E-state index contributed by atoms with van der Waals surface area (Å²) in [4.78, 5) is 3.49. The third-order valence-corrected chi connectivity index (χ3v) is 4.43. The number of hydrogen-bond donors (Lipinski definition) is 1. The van der Waals surface area contributed by atoms with Gasteiger partial charge in [0.15, 0.2) is 0 Å². The Bertz CT molecular complexity index is 955. The molecule has 3 heteroatoms. The van der Waals surface area contributed by atoms with Crippen molar-refractivity contribution in [3.8, 4) is 5.75 Å². The fraction of sp³-hybridized carbons (Fsp3) is 0.0588. The van der Waals surface area contributed by atoms with E-state index in [1.54, 1.807) is 7.11 Å². The fourth-order valence-electron chi connectivity index (χ4n) is 2.81. The first kappa shape index (κ1) is 11.8. The van der Waals surface area contributed by atoms with Crippen LogP contribution < -0.4 is 4.74 Å². The highest BCUT2D eigenvalue weighted by Gasteiger charge is 2.10. The van der Waals surface area contributed by atoms with Crippen molar-refractivity contribution < 1.29 is 4.74 Å². The molecule has 1 aromatic heterocycles. The molecule has 0 spiro atoms. The van der Waals surface area contributed by atoms with Crippen molar-refractivity contribution in [3.63, 3.8) is 0 Å². The number of aromatic nitrogens is 1. The molecular formula is C17H12BrNO. The molecular weight excluding hydrogens is 314 g/mol. The Kier molecular flexibility index (Phi) is 2.51. The van der Waals surface area contributed by atoms with Crippen LogP contribution in [0, 0.1) is 0 Å². The SMILES string of the molecule is COc1ccc2ccc3[nH]c4c(Br)cccc4c3c2c1. The Morgan fingerprint density at radius 3 is 2.70 bits per heavy atom. The molecule has 98 valence electrons. The molecule has 0 amide bonds. The van der Waals surface area contributed by atoms with Gasteiger partial charge in [-0.05, 0) is 51.0 Å². The number of nitrogens with one attached hydrogen (secondary N) is 1. The summed E-state index contributed by atoms with van der Waals surface area (Å²) in [6.07, 6.45) is 0. The van der Waals surface area contributed by atoms with Crippen molar-refractivity contribution in [2.24, 2.45) is 0 Å². The Morgan fingerprint density at radius 1 is 1.00 bits per heavy atom. The molecule has 0 saturated carbocycles. The summed E-state index contributed by atoms with van der Waals surface area (Å²) in [5.41, 5.74) is 2.28. The van der Waals surface area contributed by atoms with Gasteiger partial charge in [-0.3, -0.25) is 0 Å². The molecule has 3 aromatic carbocycles. The first-order valence-corrected chi connectivity index (χ1v) is 7.24. The summed E-state index contributed by atoms with van der Waals surface area (Å²) in [5, 5.41) is 4.91. The summed E-state index contributed by atoms with van der Waals surface area (Å²) >= 11 is 3.61. The summed E-state index contributed by atoms with van der Waals surface area (Å²) in [6, 6.07) is 16.8. The predicted molar refractivity (Wildman–Crippen MR) is 87.6 cm³/mol. The average Bonchev–Trinajstić information content (AvgIpc) is 2.87. The number of para-hydroxylation sites is 1. The maximum Gasteiger partial charge on any atom is 0.119 e. The average molecular weight is 326 g/mol. The largest absolute Gasteiger partial charge is 0.497 e. The number of hydrogen-bond acceptors (Lipinski definition) is 1. The molecule has 0 unspecified atom stereocenters. The van der Waals surface area contributed by atoms with Gasteiger partial charge in [0.25, 0.3) is 0 Å². The van der Waals surface area contributed by atoms with Gasteiger partial charge in [-0.2, -0.15) is 0 Å². The Hall–Kier alpha value is -2.00. The van der Waals surface area contributed by atoms with Gasteiger partial charge >= 0.3 is 0 Å². The number of ether oxygens (including phenoxy) is 1. The number of aromatic amines is 1. The summed E-state index contributed by atoms with van der Waals surface area (Å²) in [6.45, 7) is 0. The monoisotopic (exact) mass is 325 g/mol. The second-order valence-corrected chi connectivity index (χ2v) is 5.72. The van der Waals surface area contributed by atoms with Gasteiger partial charge in [0, 0.05) is 20.8 Å². The van der Waals surface area contributed by atoms with E-state index in [0.29, 0.717) is 0 Å². The highest BCUT2D eigenvalue weighted by Crippen LogP contribution is 2.36. The van der Waals surface area contributed by atoms with Gasteiger partial charge in [-0.1, -0.05) is 24.3 Å². The molecule has 4 aromatic rings. The molecule has 1 heterocycles. The second kappa shape index (κ2) is 4.25. The Balaban J connectivity index is 2.27. The maximum atomic E-state index is 5.36. The van der Waals surface area contributed by atoms with E-state index in [0.717, 1.165) is 21.3 Å². The standard InChI is InChI=1S/C17H12BrNO/c1-20-11-7-5-10-6-8-15-16(13(10)9-11)12-3-2-4-14(18)17(12)19-15/h2-9,19H,1H3. The van der Waals surface area contributed by atoms with Crippen LogP contribution in [0.25, 0.3) is 32.6 Å². The van der Waals surface area contributed by atoms with Crippen molar-refractivity contribution >= 4 is 48.5 Å². The van der Waals surface area contributed by atoms with E-state index in [1.165, 1.54) is 21.5 Å². The molecule has 2 nitrogen and oxygen atoms in total. The van der Waals surface area contributed by atoms with Crippen LogP contribution in [-0.4, -0.2) is 12.1 Å². The van der Waals surface area contributed by atoms with E-state index >= 15 is 0 Å². The fourth-order valence-corrected chi connectivity index (χ4v) is 3.28. The molecule has 1 N–H and O–H groups in total. The number of H-pyrrole nitrogens is 1. The van der Waals surface area contributed by atoms with Crippen LogP contribution in [-0.2, 0) is 0 Å². The van der Waals surface area contributed by atoms with E-state index in [9.17, 15) is 0 Å². The molecule has 0 bridgehead atoms. The van der Waals surface area contributed by atoms with Gasteiger partial charge in [-0.25, -0.2) is 0 Å². The van der Waals surface area contributed by atoms with Crippen LogP contribution in [0.1, 0.15) is 0 Å². The zero-order valence-electron chi connectivity index (χ0n) is 10.9. The quantitative estimate of drug-likeness (QED) is 0.508. The van der Waals surface area contributed by atoms with E-state index in [1.807, 2.05) is 6.07 Å². The van der Waals surface area contributed by atoms with E-state index in [2.05, 4.69) is 63.4 Å². The van der Waals surface area contributed by atoms with Crippen molar-refractivity contribution in [1.29, 1.82) is 0 Å². The lowest BCUT2D eigenvalue weighted by molar-refractivity contribution is 0.415.